The molecule has 3 rings (SSSR count). The Morgan fingerprint density at radius 1 is 1.30 bits per heavy atom. The first-order valence-corrected chi connectivity index (χ1v) is 8.69. The number of carbonyl (C=O) groups excluding carboxylic acids is 1. The van der Waals surface area contributed by atoms with Gasteiger partial charge in [0.2, 0.25) is 5.91 Å². The zero-order valence-electron chi connectivity index (χ0n) is 14.0. The average molecular weight is 317 g/mol. The third-order valence-corrected chi connectivity index (χ3v) is 5.28. The number of benzene rings is 1. The standard InChI is InChI=1S/C19H27NO3/c1-22-17-9-14-23-19(15-17)10-12-20(13-11-19)18(21)8-7-16-5-3-2-4-6-16/h2-6,17H,7-15H2,1H3. The van der Waals surface area contributed by atoms with Gasteiger partial charge in [0.05, 0.1) is 11.7 Å². The van der Waals surface area contributed by atoms with Gasteiger partial charge in [0.1, 0.15) is 0 Å². The van der Waals surface area contributed by atoms with Gasteiger partial charge in [0, 0.05) is 39.6 Å². The number of carbonyl (C=O) groups is 1. The minimum absolute atomic E-state index is 0.0604. The first-order chi connectivity index (χ1) is 11.2. The molecule has 1 aromatic rings. The summed E-state index contributed by atoms with van der Waals surface area (Å²) in [7, 11) is 1.78. The Labute approximate surface area is 138 Å². The minimum atomic E-state index is -0.0604. The maximum absolute atomic E-state index is 12.4. The molecule has 0 saturated carbocycles. The fraction of sp³-hybridized carbons (Fsp3) is 0.632. The van der Waals surface area contributed by atoms with E-state index < -0.39 is 0 Å². The van der Waals surface area contributed by atoms with Gasteiger partial charge in [-0.15, -0.1) is 0 Å². The van der Waals surface area contributed by atoms with Crippen LogP contribution in [0.4, 0.5) is 0 Å². The van der Waals surface area contributed by atoms with Crippen molar-refractivity contribution in [2.75, 3.05) is 26.8 Å². The van der Waals surface area contributed by atoms with Crippen molar-refractivity contribution in [3.05, 3.63) is 35.9 Å². The molecule has 2 heterocycles. The highest BCUT2D eigenvalue weighted by Crippen LogP contribution is 2.36. The smallest absolute Gasteiger partial charge is 0.222 e. The van der Waals surface area contributed by atoms with Gasteiger partial charge in [-0.25, -0.2) is 0 Å². The summed E-state index contributed by atoms with van der Waals surface area (Å²) in [5.74, 6) is 0.266. The van der Waals surface area contributed by atoms with E-state index in [1.54, 1.807) is 7.11 Å². The van der Waals surface area contributed by atoms with Crippen LogP contribution in [0.25, 0.3) is 0 Å². The predicted octanol–water partition coefficient (Wildman–Crippen LogP) is 2.81. The molecule has 0 radical (unpaired) electrons. The average Bonchev–Trinajstić information content (AvgIpc) is 2.61. The van der Waals surface area contributed by atoms with Crippen LogP contribution in [-0.4, -0.2) is 49.3 Å². The molecule has 2 saturated heterocycles. The van der Waals surface area contributed by atoms with Gasteiger partial charge >= 0.3 is 0 Å². The van der Waals surface area contributed by atoms with Crippen LogP contribution in [-0.2, 0) is 20.7 Å². The summed E-state index contributed by atoms with van der Waals surface area (Å²) in [6, 6.07) is 10.2. The fourth-order valence-electron chi connectivity index (χ4n) is 3.75. The number of ether oxygens (including phenoxy) is 2. The molecule has 2 aliphatic heterocycles. The van der Waals surface area contributed by atoms with E-state index in [0.29, 0.717) is 12.5 Å². The van der Waals surface area contributed by atoms with Crippen molar-refractivity contribution >= 4 is 5.91 Å². The van der Waals surface area contributed by atoms with Crippen LogP contribution in [0.2, 0.25) is 0 Å². The van der Waals surface area contributed by atoms with Crippen LogP contribution < -0.4 is 0 Å². The molecule has 4 nitrogen and oxygen atoms in total. The maximum Gasteiger partial charge on any atom is 0.222 e. The molecular weight excluding hydrogens is 290 g/mol. The molecule has 2 aliphatic rings. The third kappa shape index (κ3) is 4.12. The summed E-state index contributed by atoms with van der Waals surface area (Å²) >= 11 is 0. The molecule has 2 fully saturated rings. The summed E-state index contributed by atoms with van der Waals surface area (Å²) in [6.45, 7) is 2.40. The van der Waals surface area contributed by atoms with Gasteiger partial charge in [0.15, 0.2) is 0 Å². The number of hydrogen-bond donors (Lipinski definition) is 0. The van der Waals surface area contributed by atoms with E-state index in [1.165, 1.54) is 5.56 Å². The van der Waals surface area contributed by atoms with Crippen LogP contribution in [0.15, 0.2) is 30.3 Å². The number of rotatable bonds is 4. The summed E-state index contributed by atoms with van der Waals surface area (Å²) < 4.78 is 11.6. The lowest BCUT2D eigenvalue weighted by Gasteiger charge is -2.45. The second-order valence-electron chi connectivity index (χ2n) is 6.75. The van der Waals surface area contributed by atoms with Crippen LogP contribution in [0.5, 0.6) is 0 Å². The monoisotopic (exact) mass is 317 g/mol. The zero-order chi connectivity index (χ0) is 16.1. The largest absolute Gasteiger partial charge is 0.381 e. The summed E-state index contributed by atoms with van der Waals surface area (Å²) in [5.41, 5.74) is 1.17. The van der Waals surface area contributed by atoms with E-state index in [-0.39, 0.29) is 11.5 Å². The van der Waals surface area contributed by atoms with Crippen LogP contribution in [0.3, 0.4) is 0 Å². The van der Waals surface area contributed by atoms with Gasteiger partial charge < -0.3 is 14.4 Å². The molecule has 0 aliphatic carbocycles. The number of likely N-dealkylation sites (tertiary alicyclic amines) is 1. The van der Waals surface area contributed by atoms with Gasteiger partial charge in [0.25, 0.3) is 0 Å². The Morgan fingerprint density at radius 2 is 2.04 bits per heavy atom. The van der Waals surface area contributed by atoms with Gasteiger partial charge in [-0.3, -0.25) is 4.79 Å². The quantitative estimate of drug-likeness (QED) is 0.857. The van der Waals surface area contributed by atoms with Gasteiger partial charge in [-0.1, -0.05) is 30.3 Å². The van der Waals surface area contributed by atoms with Crippen LogP contribution in [0.1, 0.15) is 37.7 Å². The van der Waals surface area contributed by atoms with E-state index in [1.807, 2.05) is 23.1 Å². The van der Waals surface area contributed by atoms with E-state index in [2.05, 4.69) is 12.1 Å². The van der Waals surface area contributed by atoms with E-state index in [0.717, 1.165) is 51.8 Å². The topological polar surface area (TPSA) is 38.8 Å². The number of methoxy groups -OCH3 is 1. The van der Waals surface area contributed by atoms with E-state index >= 15 is 0 Å². The Bertz CT molecular complexity index is 509. The second kappa shape index (κ2) is 7.45. The molecule has 0 bridgehead atoms. The number of piperidine rings is 1. The molecular formula is C19H27NO3. The highest BCUT2D eigenvalue weighted by atomic mass is 16.5. The molecule has 4 heteroatoms. The summed E-state index contributed by atoms with van der Waals surface area (Å²) in [4.78, 5) is 14.4. The highest BCUT2D eigenvalue weighted by molar-refractivity contribution is 5.76. The van der Waals surface area contributed by atoms with Crippen molar-refractivity contribution < 1.29 is 14.3 Å². The molecule has 1 spiro atoms. The molecule has 1 atom stereocenters. The van der Waals surface area contributed by atoms with E-state index in [4.69, 9.17) is 9.47 Å². The molecule has 126 valence electrons. The van der Waals surface area contributed by atoms with Crippen molar-refractivity contribution in [1.29, 1.82) is 0 Å². The zero-order valence-corrected chi connectivity index (χ0v) is 14.0. The molecule has 23 heavy (non-hydrogen) atoms. The second-order valence-corrected chi connectivity index (χ2v) is 6.75. The van der Waals surface area contributed by atoms with Crippen molar-refractivity contribution in [1.82, 2.24) is 4.90 Å². The Morgan fingerprint density at radius 3 is 2.74 bits per heavy atom. The lowest BCUT2D eigenvalue weighted by Crippen LogP contribution is -2.52. The first-order valence-electron chi connectivity index (χ1n) is 8.69. The number of aryl methyl sites for hydroxylation is 1. The first kappa shape index (κ1) is 16.5. The van der Waals surface area contributed by atoms with Crippen molar-refractivity contribution in [2.45, 2.75) is 50.2 Å². The van der Waals surface area contributed by atoms with Gasteiger partial charge in [-0.05, 0) is 31.2 Å². The molecule has 1 aromatic carbocycles. The minimum Gasteiger partial charge on any atom is -0.381 e. The SMILES string of the molecule is COC1CCOC2(CCN(C(=O)CCc3ccccc3)CC2)C1. The molecule has 1 amide bonds. The van der Waals surface area contributed by atoms with Crippen LogP contribution >= 0.6 is 0 Å². The Balaban J connectivity index is 1.47. The van der Waals surface area contributed by atoms with E-state index in [9.17, 15) is 4.79 Å². The lowest BCUT2D eigenvalue weighted by molar-refractivity contribution is -0.157. The lowest BCUT2D eigenvalue weighted by atomic mass is 9.83. The Kier molecular flexibility index (Phi) is 5.34. The Hall–Kier alpha value is -1.39. The molecule has 0 aromatic heterocycles. The van der Waals surface area contributed by atoms with Crippen LogP contribution in [0, 0.1) is 0 Å². The van der Waals surface area contributed by atoms with Crippen molar-refractivity contribution in [3.63, 3.8) is 0 Å². The third-order valence-electron chi connectivity index (χ3n) is 5.28. The van der Waals surface area contributed by atoms with Crippen molar-refractivity contribution in [2.24, 2.45) is 0 Å². The molecule has 0 N–H and O–H groups in total. The van der Waals surface area contributed by atoms with Gasteiger partial charge in [-0.2, -0.15) is 0 Å². The van der Waals surface area contributed by atoms with Crippen molar-refractivity contribution in [3.8, 4) is 0 Å². The number of amides is 1. The summed E-state index contributed by atoms with van der Waals surface area (Å²) in [5, 5.41) is 0. The predicted molar refractivity (Wildman–Crippen MR) is 89.3 cm³/mol. The summed E-state index contributed by atoms with van der Waals surface area (Å²) in [6.07, 6.45) is 5.55. The number of nitrogens with zero attached hydrogens (tertiary/aromatic N) is 1. The normalized spacial score (nSPS) is 23.9. The molecule has 1 unspecified atom stereocenters. The highest BCUT2D eigenvalue weighted by Gasteiger charge is 2.41. The fourth-order valence-corrected chi connectivity index (χ4v) is 3.75. The number of hydrogen-bond acceptors (Lipinski definition) is 3. The maximum atomic E-state index is 12.4.